The van der Waals surface area contributed by atoms with Gasteiger partial charge in [-0.15, -0.1) is 0 Å². The predicted molar refractivity (Wildman–Crippen MR) is 64.0 cm³/mol. The zero-order chi connectivity index (χ0) is 12.2. The van der Waals surface area contributed by atoms with Gasteiger partial charge in [0.2, 0.25) is 11.8 Å². The lowest BCUT2D eigenvalue weighted by atomic mass is 9.63. The highest BCUT2D eigenvalue weighted by molar-refractivity contribution is 6.05. The lowest BCUT2D eigenvalue weighted by molar-refractivity contribution is -0.126. The molecule has 2 atom stereocenters. The molecule has 0 radical (unpaired) electrons. The number of fused-ring (bicyclic) bond motifs is 1. The van der Waals surface area contributed by atoms with Crippen LogP contribution in [-0.4, -0.2) is 11.8 Å². The van der Waals surface area contributed by atoms with Crippen molar-refractivity contribution in [2.75, 3.05) is 0 Å². The molecule has 0 aromatic rings. The number of imide groups is 1. The fourth-order valence-corrected chi connectivity index (χ4v) is 3.80. The Morgan fingerprint density at radius 1 is 1.12 bits per heavy atom. The molecule has 1 aliphatic heterocycles. The van der Waals surface area contributed by atoms with Crippen molar-refractivity contribution < 1.29 is 9.59 Å². The van der Waals surface area contributed by atoms with E-state index in [9.17, 15) is 9.59 Å². The molecule has 3 aliphatic rings. The first-order valence-electron chi connectivity index (χ1n) is 6.55. The average Bonchev–Trinajstić information content (AvgIpc) is 2.53. The van der Waals surface area contributed by atoms with Crippen LogP contribution in [0.5, 0.6) is 0 Å². The predicted octanol–water partition coefficient (Wildman–Crippen LogP) is 2.18. The van der Waals surface area contributed by atoms with Crippen molar-refractivity contribution in [3.8, 4) is 0 Å². The third-order valence-electron chi connectivity index (χ3n) is 4.82. The number of rotatable bonds is 0. The van der Waals surface area contributed by atoms with Crippen molar-refractivity contribution in [2.24, 2.45) is 17.3 Å². The van der Waals surface area contributed by atoms with Gasteiger partial charge >= 0.3 is 0 Å². The van der Waals surface area contributed by atoms with E-state index < -0.39 is 0 Å². The molecule has 0 bridgehead atoms. The summed E-state index contributed by atoms with van der Waals surface area (Å²) in [4.78, 5) is 23.5. The normalized spacial score (nSPS) is 35.4. The third-order valence-corrected chi connectivity index (χ3v) is 4.82. The number of amides is 2. The second-order valence-corrected chi connectivity index (χ2v) is 6.29. The Bertz CT molecular complexity index is 434. The minimum atomic E-state index is -0.0846. The topological polar surface area (TPSA) is 46.2 Å². The molecule has 0 saturated carbocycles. The van der Waals surface area contributed by atoms with E-state index in [0.29, 0.717) is 0 Å². The van der Waals surface area contributed by atoms with Crippen LogP contribution in [0.15, 0.2) is 11.1 Å². The van der Waals surface area contributed by atoms with Gasteiger partial charge in [0.15, 0.2) is 0 Å². The molecule has 0 aromatic carbocycles. The molecule has 1 N–H and O–H groups in total. The van der Waals surface area contributed by atoms with E-state index in [4.69, 9.17) is 0 Å². The zero-order valence-electron chi connectivity index (χ0n) is 10.5. The summed E-state index contributed by atoms with van der Waals surface area (Å²) in [7, 11) is 0. The van der Waals surface area contributed by atoms with Gasteiger partial charge in [0.25, 0.3) is 0 Å². The standard InChI is InChI=1S/C14H19NO2/c1-14(2)5-3-4-8-6-9-10(7-11(8)14)13(17)15-12(9)16/h9-10H,3-7H2,1-2H3,(H,15,16,17). The molecule has 17 heavy (non-hydrogen) atoms. The largest absolute Gasteiger partial charge is 0.296 e. The van der Waals surface area contributed by atoms with Crippen LogP contribution < -0.4 is 5.32 Å². The Hall–Kier alpha value is -1.12. The van der Waals surface area contributed by atoms with Gasteiger partial charge in [-0.3, -0.25) is 14.9 Å². The first kappa shape index (κ1) is 11.0. The SMILES string of the molecule is CC1(C)CCCC2=C1CC1C(=O)NC(=O)C1C2. The molecule has 2 unspecified atom stereocenters. The second-order valence-electron chi connectivity index (χ2n) is 6.29. The monoisotopic (exact) mass is 233 g/mol. The summed E-state index contributed by atoms with van der Waals surface area (Å²) >= 11 is 0. The zero-order valence-corrected chi connectivity index (χ0v) is 10.5. The number of allylic oxidation sites excluding steroid dienone is 2. The van der Waals surface area contributed by atoms with Gasteiger partial charge in [0.1, 0.15) is 0 Å². The number of hydrogen-bond acceptors (Lipinski definition) is 2. The van der Waals surface area contributed by atoms with E-state index in [0.717, 1.165) is 19.3 Å². The number of carbonyl (C=O) groups excluding carboxylic acids is 2. The van der Waals surface area contributed by atoms with Crippen molar-refractivity contribution in [3.05, 3.63) is 11.1 Å². The molecule has 0 spiro atoms. The summed E-state index contributed by atoms with van der Waals surface area (Å²) in [6, 6.07) is 0. The number of nitrogens with one attached hydrogen (secondary N) is 1. The Kier molecular flexibility index (Phi) is 2.22. The molecule has 1 fully saturated rings. The quantitative estimate of drug-likeness (QED) is 0.515. The van der Waals surface area contributed by atoms with Crippen molar-refractivity contribution >= 4 is 11.8 Å². The summed E-state index contributed by atoms with van der Waals surface area (Å²) < 4.78 is 0. The molecule has 1 heterocycles. The smallest absolute Gasteiger partial charge is 0.230 e. The maximum Gasteiger partial charge on any atom is 0.230 e. The van der Waals surface area contributed by atoms with Crippen LogP contribution in [0.25, 0.3) is 0 Å². The molecule has 2 aliphatic carbocycles. The highest BCUT2D eigenvalue weighted by atomic mass is 16.2. The molecule has 3 heteroatoms. The molecule has 3 nitrogen and oxygen atoms in total. The number of carbonyl (C=O) groups is 2. The lowest BCUT2D eigenvalue weighted by Crippen LogP contribution is -2.31. The van der Waals surface area contributed by atoms with E-state index >= 15 is 0 Å². The van der Waals surface area contributed by atoms with E-state index in [1.807, 2.05) is 0 Å². The molecule has 1 saturated heterocycles. The van der Waals surface area contributed by atoms with E-state index in [-0.39, 0.29) is 29.1 Å². The van der Waals surface area contributed by atoms with Crippen LogP contribution >= 0.6 is 0 Å². The fourth-order valence-electron chi connectivity index (χ4n) is 3.80. The highest BCUT2D eigenvalue weighted by Crippen LogP contribution is 2.50. The summed E-state index contributed by atoms with van der Waals surface area (Å²) in [5.74, 6) is -0.253. The molecule has 3 rings (SSSR count). The second kappa shape index (κ2) is 3.44. The maximum atomic E-state index is 11.7. The Balaban J connectivity index is 1.98. The van der Waals surface area contributed by atoms with Gasteiger partial charge in [-0.25, -0.2) is 0 Å². The summed E-state index contributed by atoms with van der Waals surface area (Å²) in [6.07, 6.45) is 5.19. The minimum absolute atomic E-state index is 0.0464. The van der Waals surface area contributed by atoms with Gasteiger partial charge in [-0.2, -0.15) is 0 Å². The van der Waals surface area contributed by atoms with Gasteiger partial charge in [0.05, 0.1) is 11.8 Å². The van der Waals surface area contributed by atoms with Crippen molar-refractivity contribution in [1.82, 2.24) is 5.32 Å². The van der Waals surface area contributed by atoms with Crippen molar-refractivity contribution in [3.63, 3.8) is 0 Å². The van der Waals surface area contributed by atoms with E-state index in [1.165, 1.54) is 24.0 Å². The van der Waals surface area contributed by atoms with Crippen LogP contribution in [0.4, 0.5) is 0 Å². The van der Waals surface area contributed by atoms with Crippen LogP contribution in [0.1, 0.15) is 46.0 Å². The average molecular weight is 233 g/mol. The Morgan fingerprint density at radius 3 is 2.47 bits per heavy atom. The van der Waals surface area contributed by atoms with Crippen molar-refractivity contribution in [2.45, 2.75) is 46.0 Å². The fraction of sp³-hybridized carbons (Fsp3) is 0.714. The van der Waals surface area contributed by atoms with Gasteiger partial charge in [0, 0.05) is 0 Å². The van der Waals surface area contributed by atoms with Crippen LogP contribution in [0, 0.1) is 17.3 Å². The van der Waals surface area contributed by atoms with Gasteiger partial charge in [-0.1, -0.05) is 25.0 Å². The van der Waals surface area contributed by atoms with E-state index in [1.54, 1.807) is 0 Å². The summed E-state index contributed by atoms with van der Waals surface area (Å²) in [5, 5.41) is 2.49. The maximum absolute atomic E-state index is 11.7. The summed E-state index contributed by atoms with van der Waals surface area (Å²) in [5.41, 5.74) is 3.16. The minimum Gasteiger partial charge on any atom is -0.296 e. The Labute approximate surface area is 102 Å². The first-order chi connectivity index (χ1) is 7.99. The molecule has 2 amide bonds. The number of hydrogen-bond donors (Lipinski definition) is 1. The lowest BCUT2D eigenvalue weighted by Gasteiger charge is -2.40. The van der Waals surface area contributed by atoms with Crippen LogP contribution in [-0.2, 0) is 9.59 Å². The molecule has 92 valence electrons. The van der Waals surface area contributed by atoms with Crippen molar-refractivity contribution in [1.29, 1.82) is 0 Å². The first-order valence-corrected chi connectivity index (χ1v) is 6.55. The van der Waals surface area contributed by atoms with Crippen LogP contribution in [0.3, 0.4) is 0 Å². The molecule has 0 aromatic heterocycles. The molecular formula is C14H19NO2. The van der Waals surface area contributed by atoms with Crippen LogP contribution in [0.2, 0.25) is 0 Å². The third kappa shape index (κ3) is 1.55. The van der Waals surface area contributed by atoms with Gasteiger partial charge < -0.3 is 0 Å². The van der Waals surface area contributed by atoms with Gasteiger partial charge in [-0.05, 0) is 37.5 Å². The Morgan fingerprint density at radius 2 is 1.76 bits per heavy atom. The molecular weight excluding hydrogens is 214 g/mol. The van der Waals surface area contributed by atoms with E-state index in [2.05, 4.69) is 19.2 Å². The summed E-state index contributed by atoms with van der Waals surface area (Å²) in [6.45, 7) is 4.55. The highest BCUT2D eigenvalue weighted by Gasteiger charge is 2.47.